The Balaban J connectivity index is 1.91. The van der Waals surface area contributed by atoms with Crippen molar-refractivity contribution in [2.45, 2.75) is 64.5 Å². The van der Waals surface area contributed by atoms with Crippen LogP contribution < -0.4 is 4.74 Å². The summed E-state index contributed by atoms with van der Waals surface area (Å²) in [5.41, 5.74) is 0.338. The highest BCUT2D eigenvalue weighted by Gasteiger charge is 2.26. The number of amides is 1. The van der Waals surface area contributed by atoms with Crippen molar-refractivity contribution in [3.05, 3.63) is 23.9 Å². The molecule has 1 aromatic heterocycles. The standard InChI is InChI=1S/C20H32N2O4/c1-20(2,3)26-14-13-25-18-10-9-16(15-21-18)19(24)22(11-12-23)17-7-5-4-6-8-17/h9-10,15,17,23H,4-8,11-14H2,1-3H3. The van der Waals surface area contributed by atoms with Crippen molar-refractivity contribution < 1.29 is 19.4 Å². The first-order valence-electron chi connectivity index (χ1n) is 9.55. The van der Waals surface area contributed by atoms with Gasteiger partial charge in [-0.05, 0) is 39.7 Å². The molecule has 0 unspecified atom stereocenters. The highest BCUT2D eigenvalue weighted by atomic mass is 16.5. The third-order valence-corrected chi connectivity index (χ3v) is 4.47. The van der Waals surface area contributed by atoms with Gasteiger partial charge in [0.2, 0.25) is 5.88 Å². The van der Waals surface area contributed by atoms with Crippen LogP contribution in [0.25, 0.3) is 0 Å². The van der Waals surface area contributed by atoms with Crippen molar-refractivity contribution in [3.63, 3.8) is 0 Å². The summed E-state index contributed by atoms with van der Waals surface area (Å²) < 4.78 is 11.2. The lowest BCUT2D eigenvalue weighted by molar-refractivity contribution is -0.0168. The summed E-state index contributed by atoms with van der Waals surface area (Å²) in [5, 5.41) is 9.34. The van der Waals surface area contributed by atoms with Gasteiger partial charge >= 0.3 is 0 Å². The molecule has 6 heteroatoms. The average Bonchev–Trinajstić information content (AvgIpc) is 2.63. The molecular weight excluding hydrogens is 332 g/mol. The topological polar surface area (TPSA) is 71.9 Å². The third-order valence-electron chi connectivity index (χ3n) is 4.47. The van der Waals surface area contributed by atoms with Crippen molar-refractivity contribution in [1.82, 2.24) is 9.88 Å². The Labute approximate surface area is 156 Å². The van der Waals surface area contributed by atoms with Crippen LogP contribution in [0.3, 0.4) is 0 Å². The first-order chi connectivity index (χ1) is 12.4. The Morgan fingerprint density at radius 2 is 1.96 bits per heavy atom. The van der Waals surface area contributed by atoms with E-state index in [9.17, 15) is 9.90 Å². The van der Waals surface area contributed by atoms with Crippen molar-refractivity contribution >= 4 is 5.91 Å². The smallest absolute Gasteiger partial charge is 0.255 e. The summed E-state index contributed by atoms with van der Waals surface area (Å²) in [6.45, 7) is 7.23. The normalized spacial score (nSPS) is 15.7. The van der Waals surface area contributed by atoms with Gasteiger partial charge in [0.1, 0.15) is 6.61 Å². The van der Waals surface area contributed by atoms with Crippen molar-refractivity contribution in [2.75, 3.05) is 26.4 Å². The molecule has 0 aliphatic heterocycles. The number of hydrogen-bond donors (Lipinski definition) is 1. The molecule has 2 rings (SSSR count). The van der Waals surface area contributed by atoms with E-state index < -0.39 is 0 Å². The number of pyridine rings is 1. The number of hydrogen-bond acceptors (Lipinski definition) is 5. The second-order valence-corrected chi connectivity index (χ2v) is 7.71. The van der Waals surface area contributed by atoms with Crippen molar-refractivity contribution in [2.24, 2.45) is 0 Å². The predicted octanol–water partition coefficient (Wildman–Crippen LogP) is 3.04. The van der Waals surface area contributed by atoms with Crippen LogP contribution in [0.5, 0.6) is 5.88 Å². The second-order valence-electron chi connectivity index (χ2n) is 7.71. The van der Waals surface area contributed by atoms with Gasteiger partial charge in [-0.3, -0.25) is 4.79 Å². The zero-order valence-corrected chi connectivity index (χ0v) is 16.2. The van der Waals surface area contributed by atoms with Gasteiger partial charge in [-0.1, -0.05) is 19.3 Å². The van der Waals surface area contributed by atoms with E-state index in [1.54, 1.807) is 23.2 Å². The molecule has 0 bridgehead atoms. The second kappa shape index (κ2) is 9.88. The molecule has 0 spiro atoms. The maximum Gasteiger partial charge on any atom is 0.255 e. The number of rotatable bonds is 8. The highest BCUT2D eigenvalue weighted by molar-refractivity contribution is 5.94. The van der Waals surface area contributed by atoms with E-state index in [4.69, 9.17) is 9.47 Å². The lowest BCUT2D eigenvalue weighted by Gasteiger charge is -2.34. The SMILES string of the molecule is CC(C)(C)OCCOc1ccc(C(=O)N(CCO)C2CCCCC2)cn1. The van der Waals surface area contributed by atoms with Crippen molar-refractivity contribution in [1.29, 1.82) is 0 Å². The lowest BCUT2D eigenvalue weighted by atomic mass is 9.93. The van der Waals surface area contributed by atoms with Gasteiger partial charge in [0.25, 0.3) is 5.91 Å². The zero-order valence-electron chi connectivity index (χ0n) is 16.2. The number of aromatic nitrogens is 1. The first-order valence-corrected chi connectivity index (χ1v) is 9.55. The van der Waals surface area contributed by atoms with Crippen LogP contribution in [0.15, 0.2) is 18.3 Å². The minimum atomic E-state index is -0.192. The van der Waals surface area contributed by atoms with E-state index in [0.29, 0.717) is 31.2 Å². The fraction of sp³-hybridized carbons (Fsp3) is 0.700. The lowest BCUT2D eigenvalue weighted by Crippen LogP contribution is -2.43. The van der Waals surface area contributed by atoms with Gasteiger partial charge in [0.15, 0.2) is 0 Å². The molecule has 26 heavy (non-hydrogen) atoms. The van der Waals surface area contributed by atoms with Crippen LogP contribution in [0, 0.1) is 0 Å². The molecule has 1 aliphatic rings. The number of ether oxygens (including phenoxy) is 2. The summed E-state index contributed by atoms with van der Waals surface area (Å²) in [7, 11) is 0. The number of nitrogens with zero attached hydrogens (tertiary/aromatic N) is 2. The minimum Gasteiger partial charge on any atom is -0.475 e. The maximum absolute atomic E-state index is 12.8. The van der Waals surface area contributed by atoms with Crippen molar-refractivity contribution in [3.8, 4) is 5.88 Å². The van der Waals surface area contributed by atoms with Gasteiger partial charge in [0, 0.05) is 24.8 Å². The number of carbonyl (C=O) groups is 1. The molecule has 1 aliphatic carbocycles. The first kappa shape index (κ1) is 20.6. The van der Waals surface area contributed by atoms with E-state index in [1.165, 1.54) is 6.42 Å². The monoisotopic (exact) mass is 364 g/mol. The number of aliphatic hydroxyl groups excluding tert-OH is 1. The molecule has 1 N–H and O–H groups in total. The zero-order chi connectivity index (χ0) is 19.0. The van der Waals surface area contributed by atoms with E-state index in [2.05, 4.69) is 4.98 Å². The fourth-order valence-corrected chi connectivity index (χ4v) is 3.20. The Bertz CT molecular complexity index is 548. The molecule has 6 nitrogen and oxygen atoms in total. The quantitative estimate of drug-likeness (QED) is 0.718. The molecule has 1 amide bonds. The van der Waals surface area contributed by atoms with Crippen LogP contribution in [0.4, 0.5) is 0 Å². The summed E-state index contributed by atoms with van der Waals surface area (Å²) in [4.78, 5) is 18.9. The summed E-state index contributed by atoms with van der Waals surface area (Å²) >= 11 is 0. The molecule has 0 atom stereocenters. The molecule has 1 aromatic rings. The fourth-order valence-electron chi connectivity index (χ4n) is 3.20. The largest absolute Gasteiger partial charge is 0.475 e. The van der Waals surface area contributed by atoms with Gasteiger partial charge < -0.3 is 19.5 Å². The Morgan fingerprint density at radius 1 is 1.23 bits per heavy atom. The van der Waals surface area contributed by atoms with Crippen LogP contribution in [-0.4, -0.2) is 58.9 Å². The maximum atomic E-state index is 12.8. The Morgan fingerprint density at radius 3 is 2.54 bits per heavy atom. The average molecular weight is 364 g/mol. The van der Waals surface area contributed by atoms with Gasteiger partial charge in [-0.25, -0.2) is 4.98 Å². The molecule has 0 aromatic carbocycles. The van der Waals surface area contributed by atoms with Crippen LogP contribution in [-0.2, 0) is 4.74 Å². The molecule has 1 fully saturated rings. The van der Waals surface area contributed by atoms with E-state index in [-0.39, 0.29) is 24.2 Å². The van der Waals surface area contributed by atoms with Gasteiger partial charge in [-0.2, -0.15) is 0 Å². The molecule has 0 saturated heterocycles. The molecule has 0 radical (unpaired) electrons. The van der Waals surface area contributed by atoms with Crippen LogP contribution >= 0.6 is 0 Å². The summed E-state index contributed by atoms with van der Waals surface area (Å²) in [6, 6.07) is 3.67. The molecular formula is C20H32N2O4. The Kier molecular flexibility index (Phi) is 7.85. The molecule has 146 valence electrons. The van der Waals surface area contributed by atoms with Gasteiger partial charge in [-0.15, -0.1) is 0 Å². The predicted molar refractivity (Wildman–Crippen MR) is 100 cm³/mol. The minimum absolute atomic E-state index is 0.0232. The number of aliphatic hydroxyl groups is 1. The summed E-state index contributed by atoms with van der Waals surface area (Å²) in [6.07, 6.45) is 7.07. The molecule has 1 saturated carbocycles. The molecule has 1 heterocycles. The van der Waals surface area contributed by atoms with E-state index in [1.807, 2.05) is 20.8 Å². The summed E-state index contributed by atoms with van der Waals surface area (Å²) in [5.74, 6) is 0.409. The van der Waals surface area contributed by atoms with Crippen LogP contribution in [0.1, 0.15) is 63.2 Å². The third kappa shape index (κ3) is 6.57. The highest BCUT2D eigenvalue weighted by Crippen LogP contribution is 2.24. The van der Waals surface area contributed by atoms with Gasteiger partial charge in [0.05, 0.1) is 24.4 Å². The van der Waals surface area contributed by atoms with E-state index in [0.717, 1.165) is 25.7 Å². The Hall–Kier alpha value is -1.66. The number of carbonyl (C=O) groups excluding carboxylic acids is 1. The van der Waals surface area contributed by atoms with E-state index >= 15 is 0 Å². The van der Waals surface area contributed by atoms with Crippen LogP contribution in [0.2, 0.25) is 0 Å².